The Kier molecular flexibility index (Phi) is 2.60. The number of fused-ring (bicyclic) bond motifs is 1. The zero-order valence-electron chi connectivity index (χ0n) is 8.70. The third-order valence-corrected chi connectivity index (χ3v) is 2.78. The van der Waals surface area contributed by atoms with Crippen LogP contribution in [-0.2, 0) is 0 Å². The molecular formula is C11H8BClN2O. The van der Waals surface area contributed by atoms with Crippen molar-refractivity contribution < 1.29 is 0 Å². The molecule has 78 valence electrons. The lowest BCUT2D eigenvalue weighted by atomic mass is 10.0. The number of rotatable bonds is 1. The van der Waals surface area contributed by atoms with Crippen LogP contribution in [0.5, 0.6) is 0 Å². The molecule has 0 unspecified atom stereocenters. The standard InChI is InChI=1S/C11H8BClN2O/c1-3-7-6(2)8-5-14-10(13)4-9(8)15(12)11(7)16/h3-5H,1H2,2H3. The number of hydrogen-bond acceptors (Lipinski definition) is 2. The highest BCUT2D eigenvalue weighted by molar-refractivity contribution is 6.30. The smallest absolute Gasteiger partial charge is 0.245 e. The Morgan fingerprint density at radius 3 is 2.94 bits per heavy atom. The number of aryl methyl sites for hydroxylation is 1. The van der Waals surface area contributed by atoms with Crippen molar-refractivity contribution in [3.8, 4) is 0 Å². The molecule has 0 amide bonds. The molecule has 0 aliphatic heterocycles. The van der Waals surface area contributed by atoms with Crippen LogP contribution in [0.15, 0.2) is 23.6 Å². The number of halogens is 1. The van der Waals surface area contributed by atoms with Gasteiger partial charge < -0.3 is 4.48 Å². The van der Waals surface area contributed by atoms with E-state index in [1.54, 1.807) is 12.3 Å². The Bertz CT molecular complexity index is 648. The molecule has 0 N–H and O–H groups in total. The summed E-state index contributed by atoms with van der Waals surface area (Å²) in [6, 6.07) is 1.57. The van der Waals surface area contributed by atoms with E-state index in [0.717, 1.165) is 15.4 Å². The minimum absolute atomic E-state index is 0.290. The van der Waals surface area contributed by atoms with Gasteiger partial charge >= 0.3 is 0 Å². The van der Waals surface area contributed by atoms with E-state index < -0.39 is 0 Å². The molecule has 2 aromatic rings. The van der Waals surface area contributed by atoms with Crippen molar-refractivity contribution in [2.75, 3.05) is 0 Å². The van der Waals surface area contributed by atoms with Crippen LogP contribution in [-0.4, -0.2) is 17.4 Å². The first-order valence-electron chi connectivity index (χ1n) is 4.64. The summed E-state index contributed by atoms with van der Waals surface area (Å²) in [7, 11) is 5.70. The van der Waals surface area contributed by atoms with Gasteiger partial charge in [-0.2, -0.15) is 0 Å². The topological polar surface area (TPSA) is 34.9 Å². The predicted octanol–water partition coefficient (Wildman–Crippen LogP) is 1.93. The second kappa shape index (κ2) is 3.79. The highest BCUT2D eigenvalue weighted by Crippen LogP contribution is 2.20. The molecule has 2 aromatic heterocycles. The molecule has 0 fully saturated rings. The van der Waals surface area contributed by atoms with E-state index in [1.165, 1.54) is 6.08 Å². The maximum Gasteiger partial charge on any atom is 0.245 e. The molecule has 16 heavy (non-hydrogen) atoms. The van der Waals surface area contributed by atoms with Crippen LogP contribution >= 0.6 is 11.6 Å². The summed E-state index contributed by atoms with van der Waals surface area (Å²) in [4.78, 5) is 15.8. The Balaban J connectivity index is 3.07. The van der Waals surface area contributed by atoms with Gasteiger partial charge in [-0.3, -0.25) is 4.79 Å². The molecule has 0 aliphatic rings. The van der Waals surface area contributed by atoms with Crippen molar-refractivity contribution in [2.45, 2.75) is 6.92 Å². The van der Waals surface area contributed by atoms with Crippen LogP contribution in [0.25, 0.3) is 17.0 Å². The molecule has 2 heterocycles. The van der Waals surface area contributed by atoms with Crippen molar-refractivity contribution in [2.24, 2.45) is 0 Å². The second-order valence-corrected chi connectivity index (χ2v) is 3.83. The fraction of sp³-hybridized carbons (Fsp3) is 0.0909. The van der Waals surface area contributed by atoms with Gasteiger partial charge in [0.05, 0.1) is 0 Å². The minimum atomic E-state index is -0.290. The summed E-state index contributed by atoms with van der Waals surface area (Å²) in [6.45, 7) is 5.43. The summed E-state index contributed by atoms with van der Waals surface area (Å²) in [5, 5.41) is 1.10. The molecule has 3 nitrogen and oxygen atoms in total. The summed E-state index contributed by atoms with van der Waals surface area (Å²) in [6.07, 6.45) is 3.10. The van der Waals surface area contributed by atoms with Crippen molar-refractivity contribution >= 4 is 36.6 Å². The highest BCUT2D eigenvalue weighted by atomic mass is 35.5. The van der Waals surface area contributed by atoms with Crippen molar-refractivity contribution in [1.82, 2.24) is 9.46 Å². The number of nitrogens with zero attached hydrogens (tertiary/aromatic N) is 2. The van der Waals surface area contributed by atoms with Crippen molar-refractivity contribution in [3.63, 3.8) is 0 Å². The van der Waals surface area contributed by atoms with Crippen molar-refractivity contribution in [1.29, 1.82) is 0 Å². The maximum atomic E-state index is 11.8. The summed E-state index contributed by atoms with van der Waals surface area (Å²) in [5.41, 5.74) is 1.57. The van der Waals surface area contributed by atoms with Crippen LogP contribution < -0.4 is 5.56 Å². The third-order valence-electron chi connectivity index (χ3n) is 2.57. The second-order valence-electron chi connectivity index (χ2n) is 3.44. The monoisotopic (exact) mass is 230 g/mol. The molecule has 0 aromatic carbocycles. The largest absolute Gasteiger partial charge is 0.365 e. The van der Waals surface area contributed by atoms with Gasteiger partial charge in [0.25, 0.3) is 0 Å². The van der Waals surface area contributed by atoms with Crippen LogP contribution in [0.3, 0.4) is 0 Å². The molecular weight excluding hydrogens is 222 g/mol. The van der Waals surface area contributed by atoms with Gasteiger partial charge in [0.1, 0.15) is 5.15 Å². The van der Waals surface area contributed by atoms with Crippen LogP contribution in [0.2, 0.25) is 5.15 Å². The summed E-state index contributed by atoms with van der Waals surface area (Å²) < 4.78 is 1.06. The van der Waals surface area contributed by atoms with E-state index >= 15 is 0 Å². The maximum absolute atomic E-state index is 11.8. The first-order chi connectivity index (χ1) is 7.56. The summed E-state index contributed by atoms with van der Waals surface area (Å²) >= 11 is 5.77. The first-order valence-corrected chi connectivity index (χ1v) is 5.02. The van der Waals surface area contributed by atoms with Crippen LogP contribution in [0.1, 0.15) is 11.1 Å². The molecule has 2 radical (unpaired) electrons. The fourth-order valence-corrected chi connectivity index (χ4v) is 1.85. The molecule has 0 saturated carbocycles. The lowest BCUT2D eigenvalue weighted by molar-refractivity contribution is 1.15. The van der Waals surface area contributed by atoms with E-state index in [9.17, 15) is 4.79 Å². The van der Waals surface area contributed by atoms with Gasteiger partial charge in [0, 0.05) is 22.7 Å². The Labute approximate surface area is 98.8 Å². The lowest BCUT2D eigenvalue weighted by Crippen LogP contribution is -2.22. The molecule has 0 atom stereocenters. The van der Waals surface area contributed by atoms with Gasteiger partial charge in [-0.15, -0.1) is 0 Å². The number of aromatic nitrogens is 2. The van der Waals surface area contributed by atoms with Gasteiger partial charge in [-0.25, -0.2) is 4.98 Å². The normalized spacial score (nSPS) is 10.6. The van der Waals surface area contributed by atoms with Crippen molar-refractivity contribution in [3.05, 3.63) is 45.5 Å². The zero-order chi connectivity index (χ0) is 11.9. The quantitative estimate of drug-likeness (QED) is 0.554. The van der Waals surface area contributed by atoms with E-state index in [1.807, 2.05) is 6.92 Å². The molecule has 0 aliphatic carbocycles. The Hall–Kier alpha value is -1.55. The third kappa shape index (κ3) is 1.46. The van der Waals surface area contributed by atoms with E-state index in [4.69, 9.17) is 19.6 Å². The van der Waals surface area contributed by atoms with Gasteiger partial charge in [-0.1, -0.05) is 24.3 Å². The zero-order valence-corrected chi connectivity index (χ0v) is 9.45. The van der Waals surface area contributed by atoms with E-state index in [-0.39, 0.29) is 5.56 Å². The average Bonchev–Trinajstić information content (AvgIpc) is 2.27. The van der Waals surface area contributed by atoms with E-state index in [0.29, 0.717) is 16.2 Å². The van der Waals surface area contributed by atoms with Gasteiger partial charge in [-0.05, 0) is 18.6 Å². The number of hydrogen-bond donors (Lipinski definition) is 0. The van der Waals surface area contributed by atoms with Gasteiger partial charge in [0.2, 0.25) is 13.5 Å². The Morgan fingerprint density at radius 2 is 2.31 bits per heavy atom. The molecule has 0 saturated heterocycles. The Morgan fingerprint density at radius 1 is 1.62 bits per heavy atom. The lowest BCUT2D eigenvalue weighted by Gasteiger charge is -2.10. The molecule has 0 bridgehead atoms. The molecule has 2 rings (SSSR count). The van der Waals surface area contributed by atoms with Gasteiger partial charge in [0.15, 0.2) is 0 Å². The molecule has 5 heteroatoms. The molecule has 0 spiro atoms. The number of pyridine rings is 2. The minimum Gasteiger partial charge on any atom is -0.365 e. The predicted molar refractivity (Wildman–Crippen MR) is 67.0 cm³/mol. The van der Waals surface area contributed by atoms with Crippen LogP contribution in [0.4, 0.5) is 0 Å². The van der Waals surface area contributed by atoms with E-state index in [2.05, 4.69) is 11.6 Å². The first kappa shape index (κ1) is 11.0. The SMILES string of the molecule is [B]n1c(=O)c(C=C)c(C)c2cnc(Cl)cc21. The average molecular weight is 230 g/mol. The van der Waals surface area contributed by atoms with Crippen LogP contribution in [0, 0.1) is 6.92 Å². The highest BCUT2D eigenvalue weighted by Gasteiger charge is 2.09. The summed E-state index contributed by atoms with van der Waals surface area (Å²) in [5.74, 6) is 0. The fourth-order valence-electron chi connectivity index (χ4n) is 1.69.